The van der Waals surface area contributed by atoms with Crippen LogP contribution in [0.1, 0.15) is 24.6 Å². The maximum Gasteiger partial charge on any atom is 0.264 e. The lowest BCUT2D eigenvalue weighted by molar-refractivity contribution is 0.476. The third-order valence-electron chi connectivity index (χ3n) is 2.08. The highest BCUT2D eigenvalue weighted by molar-refractivity contribution is 7.85. The Morgan fingerprint density at radius 1 is 1.67 bits per heavy atom. The number of nitrogens with zero attached hydrogens (tertiary/aromatic N) is 1. The second-order valence-corrected chi connectivity index (χ2v) is 4.84. The fourth-order valence-corrected chi connectivity index (χ4v) is 1.94. The van der Waals surface area contributed by atoms with Crippen LogP contribution in [0, 0.1) is 0 Å². The minimum absolute atomic E-state index is 0.0422. The number of hydrogen-bond donors (Lipinski definition) is 2. The molecule has 0 aliphatic heterocycles. The standard InChI is InChI=1S/C9H14N2O3S/c1-2-3-8(4-7-15(12,13)14)9-10-5-6-11-9/h2,5-6,8H,1,3-4,7H2,(H,10,11)(H,12,13,14). The molecule has 0 amide bonds. The van der Waals surface area contributed by atoms with Gasteiger partial charge in [0.15, 0.2) is 0 Å². The van der Waals surface area contributed by atoms with Gasteiger partial charge in [-0.3, -0.25) is 4.55 Å². The summed E-state index contributed by atoms with van der Waals surface area (Å²) in [5, 5.41) is 0. The lowest BCUT2D eigenvalue weighted by atomic mass is 10.0. The molecule has 0 saturated carbocycles. The van der Waals surface area contributed by atoms with Crippen molar-refractivity contribution in [2.75, 3.05) is 5.75 Å². The monoisotopic (exact) mass is 230 g/mol. The largest absolute Gasteiger partial charge is 0.348 e. The second-order valence-electron chi connectivity index (χ2n) is 3.27. The number of H-pyrrole nitrogens is 1. The maximum atomic E-state index is 10.6. The average molecular weight is 230 g/mol. The highest BCUT2D eigenvalue weighted by Crippen LogP contribution is 2.20. The first-order valence-electron chi connectivity index (χ1n) is 4.58. The molecular formula is C9H14N2O3S. The molecule has 0 bridgehead atoms. The van der Waals surface area contributed by atoms with Crippen LogP contribution in [-0.2, 0) is 10.1 Å². The first-order chi connectivity index (χ1) is 7.03. The van der Waals surface area contributed by atoms with Gasteiger partial charge in [0.25, 0.3) is 10.1 Å². The van der Waals surface area contributed by atoms with Crippen molar-refractivity contribution in [3.8, 4) is 0 Å². The Bertz CT molecular complexity index is 397. The molecule has 5 nitrogen and oxygen atoms in total. The smallest absolute Gasteiger partial charge is 0.264 e. The van der Waals surface area contributed by atoms with Crippen LogP contribution >= 0.6 is 0 Å². The van der Waals surface area contributed by atoms with Gasteiger partial charge in [-0.25, -0.2) is 4.98 Å². The number of aromatic nitrogens is 2. The Balaban J connectivity index is 2.63. The molecule has 6 heteroatoms. The first kappa shape index (κ1) is 11.9. The molecule has 0 spiro atoms. The van der Waals surface area contributed by atoms with Gasteiger partial charge in [-0.15, -0.1) is 6.58 Å². The van der Waals surface area contributed by atoms with E-state index in [1.807, 2.05) is 0 Å². The number of nitrogens with one attached hydrogen (secondary N) is 1. The van der Waals surface area contributed by atoms with Crippen molar-refractivity contribution < 1.29 is 13.0 Å². The fourth-order valence-electron chi connectivity index (χ4n) is 1.36. The summed E-state index contributed by atoms with van der Waals surface area (Å²) >= 11 is 0. The summed E-state index contributed by atoms with van der Waals surface area (Å²) in [6, 6.07) is 0. The molecule has 1 heterocycles. The molecule has 0 aliphatic carbocycles. The molecule has 0 fully saturated rings. The van der Waals surface area contributed by atoms with E-state index in [4.69, 9.17) is 4.55 Å². The molecule has 0 saturated heterocycles. The van der Waals surface area contributed by atoms with Crippen LogP contribution in [0.25, 0.3) is 0 Å². The maximum absolute atomic E-state index is 10.6. The van der Waals surface area contributed by atoms with E-state index in [-0.39, 0.29) is 11.7 Å². The summed E-state index contributed by atoms with van der Waals surface area (Å²) in [5.41, 5.74) is 0. The van der Waals surface area contributed by atoms with Crippen LogP contribution in [0.4, 0.5) is 0 Å². The first-order valence-corrected chi connectivity index (χ1v) is 6.19. The van der Waals surface area contributed by atoms with Crippen molar-refractivity contribution in [1.82, 2.24) is 9.97 Å². The summed E-state index contributed by atoms with van der Waals surface area (Å²) in [4.78, 5) is 6.98. The number of allylic oxidation sites excluding steroid dienone is 1. The summed E-state index contributed by atoms with van der Waals surface area (Å²) in [7, 11) is -3.90. The van der Waals surface area contributed by atoms with Gasteiger partial charge in [-0.2, -0.15) is 8.42 Å². The Hall–Kier alpha value is -1.14. The fraction of sp³-hybridized carbons (Fsp3) is 0.444. The highest BCUT2D eigenvalue weighted by atomic mass is 32.2. The molecule has 0 aromatic carbocycles. The zero-order valence-electron chi connectivity index (χ0n) is 8.26. The Labute approximate surface area is 89.0 Å². The van der Waals surface area contributed by atoms with Crippen molar-refractivity contribution >= 4 is 10.1 Å². The van der Waals surface area contributed by atoms with Crippen molar-refractivity contribution in [3.63, 3.8) is 0 Å². The van der Waals surface area contributed by atoms with Crippen molar-refractivity contribution in [2.24, 2.45) is 0 Å². The van der Waals surface area contributed by atoms with Crippen LogP contribution in [0.2, 0.25) is 0 Å². The van der Waals surface area contributed by atoms with E-state index in [0.717, 1.165) is 5.82 Å². The quantitative estimate of drug-likeness (QED) is 0.570. The zero-order chi connectivity index (χ0) is 11.3. The number of rotatable bonds is 6. The second kappa shape index (κ2) is 5.09. The van der Waals surface area contributed by atoms with Gasteiger partial charge in [0.2, 0.25) is 0 Å². The molecule has 15 heavy (non-hydrogen) atoms. The van der Waals surface area contributed by atoms with E-state index in [1.54, 1.807) is 18.5 Å². The van der Waals surface area contributed by atoms with Crippen LogP contribution in [0.3, 0.4) is 0 Å². The van der Waals surface area contributed by atoms with Crippen LogP contribution in [0.15, 0.2) is 25.0 Å². The number of hydrogen-bond acceptors (Lipinski definition) is 3. The molecule has 0 radical (unpaired) electrons. The zero-order valence-corrected chi connectivity index (χ0v) is 9.07. The minimum atomic E-state index is -3.90. The van der Waals surface area contributed by atoms with Gasteiger partial charge in [-0.05, 0) is 12.8 Å². The van der Waals surface area contributed by atoms with E-state index < -0.39 is 10.1 Å². The van der Waals surface area contributed by atoms with E-state index in [9.17, 15) is 8.42 Å². The van der Waals surface area contributed by atoms with Crippen molar-refractivity contribution in [1.29, 1.82) is 0 Å². The van der Waals surface area contributed by atoms with Crippen LogP contribution in [-0.4, -0.2) is 28.7 Å². The van der Waals surface area contributed by atoms with Crippen LogP contribution < -0.4 is 0 Å². The van der Waals surface area contributed by atoms with Gasteiger partial charge in [0.05, 0.1) is 5.75 Å². The minimum Gasteiger partial charge on any atom is -0.348 e. The summed E-state index contributed by atoms with van der Waals surface area (Å²) in [6.45, 7) is 3.60. The molecule has 1 aromatic rings. The van der Waals surface area contributed by atoms with E-state index in [1.165, 1.54) is 0 Å². The van der Waals surface area contributed by atoms with Crippen molar-refractivity contribution in [2.45, 2.75) is 18.8 Å². The average Bonchev–Trinajstić information content (AvgIpc) is 2.63. The molecule has 0 aliphatic rings. The molecule has 1 atom stereocenters. The van der Waals surface area contributed by atoms with Gasteiger partial charge in [0, 0.05) is 18.3 Å². The molecule has 84 valence electrons. The van der Waals surface area contributed by atoms with E-state index in [0.29, 0.717) is 12.8 Å². The SMILES string of the molecule is C=CCC(CCS(=O)(=O)O)c1ncc[nH]1. The number of imidazole rings is 1. The summed E-state index contributed by atoms with van der Waals surface area (Å²) in [6.07, 6.45) is 5.95. The number of aromatic amines is 1. The third-order valence-corrected chi connectivity index (χ3v) is 2.83. The van der Waals surface area contributed by atoms with Crippen LogP contribution in [0.5, 0.6) is 0 Å². The normalized spacial score (nSPS) is 13.7. The molecule has 1 unspecified atom stereocenters. The van der Waals surface area contributed by atoms with Gasteiger partial charge >= 0.3 is 0 Å². The predicted octanol–water partition coefficient (Wildman–Crippen LogP) is 1.35. The van der Waals surface area contributed by atoms with E-state index >= 15 is 0 Å². The lowest BCUT2D eigenvalue weighted by Crippen LogP contribution is -2.10. The summed E-state index contributed by atoms with van der Waals surface area (Å²) < 4.78 is 29.9. The lowest BCUT2D eigenvalue weighted by Gasteiger charge is -2.10. The Morgan fingerprint density at radius 3 is 2.87 bits per heavy atom. The molecular weight excluding hydrogens is 216 g/mol. The predicted molar refractivity (Wildman–Crippen MR) is 57.2 cm³/mol. The Morgan fingerprint density at radius 2 is 2.40 bits per heavy atom. The molecule has 1 rings (SSSR count). The van der Waals surface area contributed by atoms with Gasteiger partial charge in [0.1, 0.15) is 5.82 Å². The van der Waals surface area contributed by atoms with Gasteiger partial charge in [-0.1, -0.05) is 6.08 Å². The summed E-state index contributed by atoms with van der Waals surface area (Å²) in [5.74, 6) is 0.421. The van der Waals surface area contributed by atoms with E-state index in [2.05, 4.69) is 16.5 Å². The molecule has 2 N–H and O–H groups in total. The van der Waals surface area contributed by atoms with Gasteiger partial charge < -0.3 is 4.98 Å². The molecule has 1 aromatic heterocycles. The Kier molecular flexibility index (Phi) is 4.05. The topological polar surface area (TPSA) is 83.1 Å². The third kappa shape index (κ3) is 4.26. The highest BCUT2D eigenvalue weighted by Gasteiger charge is 2.15. The van der Waals surface area contributed by atoms with Crippen molar-refractivity contribution in [3.05, 3.63) is 30.9 Å².